The van der Waals surface area contributed by atoms with Crippen LogP contribution in [0.4, 0.5) is 0 Å². The van der Waals surface area contributed by atoms with Crippen molar-refractivity contribution in [2.45, 2.75) is 6.92 Å². The van der Waals surface area contributed by atoms with Gasteiger partial charge in [-0.3, -0.25) is 4.90 Å². The fourth-order valence-electron chi connectivity index (χ4n) is 1.97. The highest BCUT2D eigenvalue weighted by Gasteiger charge is 2.14. The second-order valence-corrected chi connectivity index (χ2v) is 5.01. The van der Waals surface area contributed by atoms with E-state index in [4.69, 9.17) is 21.1 Å². The minimum absolute atomic E-state index is 0.462. The summed E-state index contributed by atoms with van der Waals surface area (Å²) in [4.78, 5) is 6.51. The summed E-state index contributed by atoms with van der Waals surface area (Å²) < 4.78 is 11.0. The van der Waals surface area contributed by atoms with E-state index in [1.54, 1.807) is 6.07 Å². The molecule has 5 heteroatoms. The Kier molecular flexibility index (Phi) is 5.23. The third kappa shape index (κ3) is 4.44. The average molecular weight is 271 g/mol. The van der Waals surface area contributed by atoms with E-state index in [1.165, 1.54) is 0 Å². The Hall–Kier alpha value is -0.840. The van der Waals surface area contributed by atoms with Crippen LogP contribution in [0.25, 0.3) is 0 Å². The first-order valence-corrected chi connectivity index (χ1v) is 6.67. The van der Waals surface area contributed by atoms with Gasteiger partial charge in [-0.05, 0) is 6.07 Å². The number of nitrogens with zero attached hydrogens (tertiary/aromatic N) is 2. The first-order valence-electron chi connectivity index (χ1n) is 6.29. The number of halogens is 1. The molecular weight excluding hydrogens is 252 g/mol. The quantitative estimate of drug-likeness (QED) is 0.768. The molecule has 0 bridgehead atoms. The predicted octanol–water partition coefficient (Wildman–Crippen LogP) is 2.08. The maximum absolute atomic E-state index is 5.80. The molecule has 0 saturated carbocycles. The first-order chi connectivity index (χ1) is 8.74. The largest absolute Gasteiger partial charge is 0.477 e. The van der Waals surface area contributed by atoms with E-state index in [2.05, 4.69) is 16.8 Å². The van der Waals surface area contributed by atoms with Crippen molar-refractivity contribution in [1.29, 1.82) is 0 Å². The van der Waals surface area contributed by atoms with E-state index in [0.717, 1.165) is 32.8 Å². The summed E-state index contributed by atoms with van der Waals surface area (Å²) >= 11 is 5.80. The molecule has 1 aromatic rings. The number of morpholine rings is 1. The summed E-state index contributed by atoms with van der Waals surface area (Å²) in [6.45, 7) is 7.57. The zero-order valence-corrected chi connectivity index (χ0v) is 11.4. The summed E-state index contributed by atoms with van der Waals surface area (Å²) in [6, 6.07) is 5.41. The Morgan fingerprint density at radius 3 is 2.94 bits per heavy atom. The third-order valence-electron chi connectivity index (χ3n) is 2.88. The van der Waals surface area contributed by atoms with Crippen molar-refractivity contribution in [3.8, 4) is 5.88 Å². The number of pyridine rings is 1. The minimum atomic E-state index is 0.462. The van der Waals surface area contributed by atoms with Crippen LogP contribution >= 0.6 is 11.6 Å². The van der Waals surface area contributed by atoms with Crippen LogP contribution in [0.2, 0.25) is 5.15 Å². The van der Waals surface area contributed by atoms with Crippen LogP contribution in [-0.2, 0) is 4.74 Å². The molecule has 1 unspecified atom stereocenters. The molecule has 2 heterocycles. The normalized spacial score (nSPS) is 18.6. The average Bonchev–Trinajstić information content (AvgIpc) is 2.38. The molecular formula is C13H19ClN2O2. The van der Waals surface area contributed by atoms with E-state index in [0.29, 0.717) is 23.6 Å². The van der Waals surface area contributed by atoms with Crippen LogP contribution in [0.5, 0.6) is 5.88 Å². The van der Waals surface area contributed by atoms with Gasteiger partial charge in [0.25, 0.3) is 0 Å². The Balaban J connectivity index is 1.72. The van der Waals surface area contributed by atoms with Crippen molar-refractivity contribution < 1.29 is 9.47 Å². The smallest absolute Gasteiger partial charge is 0.214 e. The van der Waals surface area contributed by atoms with Gasteiger partial charge in [0.05, 0.1) is 19.8 Å². The van der Waals surface area contributed by atoms with Gasteiger partial charge in [0, 0.05) is 31.6 Å². The van der Waals surface area contributed by atoms with Crippen LogP contribution in [0.3, 0.4) is 0 Å². The van der Waals surface area contributed by atoms with Gasteiger partial charge in [0.1, 0.15) is 5.15 Å². The van der Waals surface area contributed by atoms with Crippen molar-refractivity contribution >= 4 is 11.6 Å². The minimum Gasteiger partial charge on any atom is -0.477 e. The number of ether oxygens (including phenoxy) is 2. The molecule has 1 saturated heterocycles. The van der Waals surface area contributed by atoms with E-state index in [1.807, 2.05) is 12.1 Å². The van der Waals surface area contributed by atoms with Crippen molar-refractivity contribution in [2.75, 3.05) is 39.5 Å². The van der Waals surface area contributed by atoms with Crippen LogP contribution in [0.15, 0.2) is 18.2 Å². The summed E-state index contributed by atoms with van der Waals surface area (Å²) in [6.07, 6.45) is 0. The highest BCUT2D eigenvalue weighted by atomic mass is 35.5. The lowest BCUT2D eigenvalue weighted by molar-refractivity contribution is 0.0282. The Bertz CT molecular complexity index is 370. The van der Waals surface area contributed by atoms with Crippen LogP contribution in [0.1, 0.15) is 6.92 Å². The highest BCUT2D eigenvalue weighted by Crippen LogP contribution is 2.13. The van der Waals surface area contributed by atoms with Crippen molar-refractivity contribution in [3.63, 3.8) is 0 Å². The SMILES string of the molecule is CC(COc1cccc(Cl)n1)CN1CCOCC1. The summed E-state index contributed by atoms with van der Waals surface area (Å²) in [5.41, 5.74) is 0. The maximum atomic E-state index is 5.80. The molecule has 0 aromatic carbocycles. The molecule has 18 heavy (non-hydrogen) atoms. The predicted molar refractivity (Wildman–Crippen MR) is 71.2 cm³/mol. The summed E-state index contributed by atoms with van der Waals surface area (Å²) in [5, 5.41) is 0.466. The van der Waals surface area contributed by atoms with Crippen LogP contribution < -0.4 is 4.74 Å². The lowest BCUT2D eigenvalue weighted by Crippen LogP contribution is -2.39. The Morgan fingerprint density at radius 1 is 1.44 bits per heavy atom. The molecule has 1 aliphatic heterocycles. The van der Waals surface area contributed by atoms with Crippen LogP contribution in [0, 0.1) is 5.92 Å². The molecule has 1 fully saturated rings. The molecule has 2 rings (SSSR count). The Labute approximate surface area is 113 Å². The van der Waals surface area contributed by atoms with Gasteiger partial charge in [-0.1, -0.05) is 24.6 Å². The second kappa shape index (κ2) is 6.92. The van der Waals surface area contributed by atoms with E-state index in [9.17, 15) is 0 Å². The zero-order chi connectivity index (χ0) is 12.8. The van der Waals surface area contributed by atoms with Gasteiger partial charge in [0.15, 0.2) is 0 Å². The number of rotatable bonds is 5. The van der Waals surface area contributed by atoms with Gasteiger partial charge in [0.2, 0.25) is 5.88 Å². The van der Waals surface area contributed by atoms with Crippen LogP contribution in [-0.4, -0.2) is 49.3 Å². The molecule has 0 spiro atoms. The number of hydrogen-bond donors (Lipinski definition) is 0. The molecule has 0 radical (unpaired) electrons. The number of hydrogen-bond acceptors (Lipinski definition) is 4. The van der Waals surface area contributed by atoms with Crippen molar-refractivity contribution in [3.05, 3.63) is 23.4 Å². The molecule has 0 aliphatic carbocycles. The van der Waals surface area contributed by atoms with Gasteiger partial charge in [-0.15, -0.1) is 0 Å². The van der Waals surface area contributed by atoms with Crippen molar-refractivity contribution in [1.82, 2.24) is 9.88 Å². The lowest BCUT2D eigenvalue weighted by atomic mass is 10.2. The third-order valence-corrected chi connectivity index (χ3v) is 3.09. The second-order valence-electron chi connectivity index (χ2n) is 4.63. The lowest BCUT2D eigenvalue weighted by Gasteiger charge is -2.28. The molecule has 1 aliphatic rings. The van der Waals surface area contributed by atoms with Gasteiger partial charge >= 0.3 is 0 Å². The fraction of sp³-hybridized carbons (Fsp3) is 0.615. The van der Waals surface area contributed by atoms with Gasteiger partial charge < -0.3 is 9.47 Å². The summed E-state index contributed by atoms with van der Waals surface area (Å²) in [5.74, 6) is 1.06. The van der Waals surface area contributed by atoms with Crippen molar-refractivity contribution in [2.24, 2.45) is 5.92 Å². The van der Waals surface area contributed by atoms with E-state index >= 15 is 0 Å². The monoisotopic (exact) mass is 270 g/mol. The zero-order valence-electron chi connectivity index (χ0n) is 10.6. The number of aromatic nitrogens is 1. The molecule has 1 aromatic heterocycles. The van der Waals surface area contributed by atoms with E-state index in [-0.39, 0.29) is 0 Å². The van der Waals surface area contributed by atoms with Gasteiger partial charge in [-0.25, -0.2) is 4.98 Å². The molecule has 0 N–H and O–H groups in total. The molecule has 4 nitrogen and oxygen atoms in total. The topological polar surface area (TPSA) is 34.6 Å². The molecule has 100 valence electrons. The Morgan fingerprint density at radius 2 is 2.22 bits per heavy atom. The molecule has 0 amide bonds. The fourth-order valence-corrected chi connectivity index (χ4v) is 2.13. The highest BCUT2D eigenvalue weighted by molar-refractivity contribution is 6.29. The molecule has 1 atom stereocenters. The van der Waals surface area contributed by atoms with Gasteiger partial charge in [-0.2, -0.15) is 0 Å². The maximum Gasteiger partial charge on any atom is 0.214 e. The first kappa shape index (κ1) is 13.6. The van der Waals surface area contributed by atoms with E-state index < -0.39 is 0 Å². The standard InChI is InChI=1S/C13H19ClN2O2/c1-11(9-16-5-7-17-8-6-16)10-18-13-4-2-3-12(14)15-13/h2-4,11H,5-10H2,1H3. The summed E-state index contributed by atoms with van der Waals surface area (Å²) in [7, 11) is 0.